The Morgan fingerprint density at radius 2 is 1.95 bits per heavy atom. The number of fused-ring (bicyclic) bond motifs is 2. The molecule has 1 aromatic rings. The van der Waals surface area contributed by atoms with Gasteiger partial charge in [0.05, 0.1) is 11.6 Å². The molecule has 0 saturated heterocycles. The Balaban J connectivity index is 1.57. The minimum Gasteiger partial charge on any atom is -0.481 e. The highest BCUT2D eigenvalue weighted by molar-refractivity contribution is 6.30. The van der Waals surface area contributed by atoms with Crippen LogP contribution in [0.2, 0.25) is 5.02 Å². The van der Waals surface area contributed by atoms with E-state index < -0.39 is 5.97 Å². The van der Waals surface area contributed by atoms with Crippen LogP contribution >= 0.6 is 11.6 Å². The van der Waals surface area contributed by atoms with Gasteiger partial charge in [-0.1, -0.05) is 28.9 Å². The van der Waals surface area contributed by atoms with Crippen LogP contribution in [-0.2, 0) is 9.63 Å². The molecule has 0 amide bonds. The number of oxime groups is 1. The molecule has 5 unspecified atom stereocenters. The summed E-state index contributed by atoms with van der Waals surface area (Å²) >= 11 is 5.90. The molecule has 104 valence electrons. The van der Waals surface area contributed by atoms with Crippen molar-refractivity contribution in [2.45, 2.75) is 18.9 Å². The maximum Gasteiger partial charge on any atom is 0.307 e. The summed E-state index contributed by atoms with van der Waals surface area (Å²) in [4.78, 5) is 16.7. The van der Waals surface area contributed by atoms with Crippen LogP contribution in [0.5, 0.6) is 0 Å². The maximum atomic E-state index is 11.2. The molecule has 4 rings (SSSR count). The molecule has 1 heterocycles. The van der Waals surface area contributed by atoms with Crippen molar-refractivity contribution < 1.29 is 14.7 Å². The molecular weight excluding hydrogens is 278 g/mol. The highest BCUT2D eigenvalue weighted by Gasteiger charge is 2.61. The van der Waals surface area contributed by atoms with Gasteiger partial charge in [0, 0.05) is 10.9 Å². The van der Waals surface area contributed by atoms with E-state index in [1.54, 1.807) is 0 Å². The second-order valence-corrected chi connectivity index (χ2v) is 6.33. The Bertz CT molecular complexity index is 598. The van der Waals surface area contributed by atoms with Gasteiger partial charge in [0.15, 0.2) is 0 Å². The minimum absolute atomic E-state index is 0.0475. The molecule has 4 nitrogen and oxygen atoms in total. The normalized spacial score (nSPS) is 37.5. The van der Waals surface area contributed by atoms with Gasteiger partial charge in [-0.2, -0.15) is 0 Å². The number of nitrogens with zero attached hydrogens (tertiary/aromatic N) is 1. The van der Waals surface area contributed by atoms with E-state index in [1.165, 1.54) is 0 Å². The molecule has 20 heavy (non-hydrogen) atoms. The van der Waals surface area contributed by atoms with Gasteiger partial charge in [-0.15, -0.1) is 0 Å². The fraction of sp³-hybridized carbons (Fsp3) is 0.467. The van der Waals surface area contributed by atoms with Gasteiger partial charge >= 0.3 is 5.97 Å². The van der Waals surface area contributed by atoms with Crippen LogP contribution in [0.25, 0.3) is 0 Å². The van der Waals surface area contributed by atoms with E-state index in [4.69, 9.17) is 16.4 Å². The first-order valence-corrected chi connectivity index (χ1v) is 7.25. The van der Waals surface area contributed by atoms with Crippen LogP contribution in [-0.4, -0.2) is 22.9 Å². The van der Waals surface area contributed by atoms with Crippen molar-refractivity contribution in [1.29, 1.82) is 0 Å². The number of halogens is 1. The standard InChI is InChI=1S/C15H14ClNO3/c16-8-3-1-7(2-4-8)14-11-5-9-10(13(9)15(18)19)6-12(11)20-17-14/h1-4,9-13H,5-6H2,(H,18,19). The number of benzene rings is 1. The van der Waals surface area contributed by atoms with Gasteiger partial charge in [0.1, 0.15) is 6.10 Å². The molecule has 1 aliphatic heterocycles. The van der Waals surface area contributed by atoms with Gasteiger partial charge < -0.3 is 9.94 Å². The monoisotopic (exact) mass is 291 g/mol. The number of carbonyl (C=O) groups is 1. The van der Waals surface area contributed by atoms with E-state index >= 15 is 0 Å². The molecule has 0 bridgehead atoms. The molecule has 1 aromatic carbocycles. The summed E-state index contributed by atoms with van der Waals surface area (Å²) in [5.74, 6) is -0.0242. The average molecular weight is 292 g/mol. The lowest BCUT2D eigenvalue weighted by Gasteiger charge is -2.22. The van der Waals surface area contributed by atoms with Gasteiger partial charge in [-0.3, -0.25) is 4.79 Å². The van der Waals surface area contributed by atoms with E-state index in [0.717, 1.165) is 24.1 Å². The smallest absolute Gasteiger partial charge is 0.307 e. The Morgan fingerprint density at radius 1 is 1.25 bits per heavy atom. The van der Waals surface area contributed by atoms with Crippen LogP contribution in [0.4, 0.5) is 0 Å². The number of hydrogen-bond donors (Lipinski definition) is 1. The number of aliphatic carboxylic acids is 1. The fourth-order valence-electron chi connectivity index (χ4n) is 3.82. The first kappa shape index (κ1) is 12.2. The van der Waals surface area contributed by atoms with Gasteiger partial charge in [-0.25, -0.2) is 0 Å². The van der Waals surface area contributed by atoms with E-state index in [0.29, 0.717) is 10.9 Å². The molecule has 3 aliphatic rings. The maximum absolute atomic E-state index is 11.2. The Labute approximate surface area is 121 Å². The van der Waals surface area contributed by atoms with E-state index in [2.05, 4.69) is 5.16 Å². The van der Waals surface area contributed by atoms with Crippen molar-refractivity contribution in [3.8, 4) is 0 Å². The van der Waals surface area contributed by atoms with Crippen LogP contribution in [0.1, 0.15) is 18.4 Å². The zero-order valence-electron chi connectivity index (χ0n) is 10.7. The lowest BCUT2D eigenvalue weighted by atomic mass is 9.82. The zero-order chi connectivity index (χ0) is 13.9. The van der Waals surface area contributed by atoms with Crippen molar-refractivity contribution >= 4 is 23.3 Å². The summed E-state index contributed by atoms with van der Waals surface area (Å²) in [7, 11) is 0. The minimum atomic E-state index is -0.662. The second kappa shape index (κ2) is 4.22. The predicted molar refractivity (Wildman–Crippen MR) is 73.7 cm³/mol. The van der Waals surface area contributed by atoms with E-state index in [1.807, 2.05) is 24.3 Å². The van der Waals surface area contributed by atoms with E-state index in [9.17, 15) is 9.90 Å². The van der Waals surface area contributed by atoms with Crippen molar-refractivity contribution in [2.75, 3.05) is 0 Å². The molecule has 5 atom stereocenters. The number of rotatable bonds is 2. The van der Waals surface area contributed by atoms with Crippen molar-refractivity contribution in [3.63, 3.8) is 0 Å². The van der Waals surface area contributed by atoms with Crippen molar-refractivity contribution in [3.05, 3.63) is 34.9 Å². The highest BCUT2D eigenvalue weighted by Crippen LogP contribution is 2.58. The summed E-state index contributed by atoms with van der Waals surface area (Å²) in [5, 5.41) is 14.1. The largest absolute Gasteiger partial charge is 0.481 e. The van der Waals surface area contributed by atoms with Crippen molar-refractivity contribution in [1.82, 2.24) is 0 Å². The molecule has 2 fully saturated rings. The average Bonchev–Trinajstić information content (AvgIpc) is 2.99. The van der Waals surface area contributed by atoms with Crippen LogP contribution < -0.4 is 0 Å². The summed E-state index contributed by atoms with van der Waals surface area (Å²) in [6.07, 6.45) is 1.73. The second-order valence-electron chi connectivity index (χ2n) is 5.90. The van der Waals surface area contributed by atoms with Crippen LogP contribution in [0, 0.1) is 23.7 Å². The third kappa shape index (κ3) is 1.74. The summed E-state index contributed by atoms with van der Waals surface area (Å²) in [6.45, 7) is 0. The molecular formula is C15H14ClNO3. The fourth-order valence-corrected chi connectivity index (χ4v) is 3.94. The quantitative estimate of drug-likeness (QED) is 0.911. The lowest BCUT2D eigenvalue weighted by Crippen LogP contribution is -2.28. The van der Waals surface area contributed by atoms with Gasteiger partial charge in [-0.05, 0) is 42.4 Å². The summed E-state index contributed by atoms with van der Waals surface area (Å²) in [6, 6.07) is 7.58. The molecule has 2 saturated carbocycles. The van der Waals surface area contributed by atoms with E-state index in [-0.39, 0.29) is 23.9 Å². The summed E-state index contributed by atoms with van der Waals surface area (Å²) in [5.41, 5.74) is 1.97. The van der Waals surface area contributed by atoms with Crippen LogP contribution in [0.15, 0.2) is 29.4 Å². The number of hydrogen-bond acceptors (Lipinski definition) is 3. The highest BCUT2D eigenvalue weighted by atomic mass is 35.5. The molecule has 1 N–H and O–H groups in total. The van der Waals surface area contributed by atoms with Crippen LogP contribution in [0.3, 0.4) is 0 Å². The first-order chi connectivity index (χ1) is 9.65. The van der Waals surface area contributed by atoms with Gasteiger partial charge in [0.25, 0.3) is 0 Å². The SMILES string of the molecule is O=C(O)C1C2CC3ON=C(c4ccc(Cl)cc4)C3CC21. The predicted octanol–water partition coefficient (Wildman–Crippen LogP) is 2.80. The Morgan fingerprint density at radius 3 is 2.65 bits per heavy atom. The van der Waals surface area contributed by atoms with Crippen molar-refractivity contribution in [2.24, 2.45) is 28.8 Å². The number of carboxylic acids is 1. The zero-order valence-corrected chi connectivity index (χ0v) is 11.5. The third-order valence-electron chi connectivity index (χ3n) is 4.87. The Kier molecular flexibility index (Phi) is 2.58. The Hall–Kier alpha value is -1.55. The molecule has 2 aliphatic carbocycles. The molecule has 0 aromatic heterocycles. The molecule has 0 radical (unpaired) electrons. The topological polar surface area (TPSA) is 58.9 Å². The van der Waals surface area contributed by atoms with Gasteiger partial charge in [0.2, 0.25) is 0 Å². The lowest BCUT2D eigenvalue weighted by molar-refractivity contribution is -0.139. The molecule has 5 heteroatoms. The summed E-state index contributed by atoms with van der Waals surface area (Å²) < 4.78 is 0. The molecule has 0 spiro atoms. The number of carboxylic acid groups (broad SMARTS) is 1. The first-order valence-electron chi connectivity index (χ1n) is 6.87. The third-order valence-corrected chi connectivity index (χ3v) is 5.13.